The van der Waals surface area contributed by atoms with E-state index in [4.69, 9.17) is 8.94 Å². The molecule has 4 rings (SSSR count). The average Bonchev–Trinajstić information content (AvgIpc) is 3.14. The molecule has 5 heteroatoms. The predicted molar refractivity (Wildman–Crippen MR) is 76.6 cm³/mol. The van der Waals surface area contributed by atoms with Crippen LogP contribution in [-0.4, -0.2) is 15.2 Å². The topological polar surface area (TPSA) is 72.3 Å². The van der Waals surface area contributed by atoms with Crippen LogP contribution in [0.3, 0.4) is 0 Å². The molecule has 0 bridgehead atoms. The molecular formula is C16H10N2O3. The van der Waals surface area contributed by atoms with Crippen molar-refractivity contribution < 1.29 is 14.0 Å². The fraction of sp³-hybridized carbons (Fsp3) is 0. The summed E-state index contributed by atoms with van der Waals surface area (Å²) in [6, 6.07) is 16.3. The Hall–Kier alpha value is -3.08. The van der Waals surface area contributed by atoms with Gasteiger partial charge in [0.2, 0.25) is 5.82 Å². The van der Waals surface area contributed by atoms with E-state index in [1.807, 2.05) is 30.3 Å². The SMILES string of the molecule is Oc1ccccc1-c1nc(-c2cc3ccccc3o2)no1. The number of para-hydroxylation sites is 2. The maximum absolute atomic E-state index is 9.81. The molecule has 4 aromatic rings. The zero-order valence-electron chi connectivity index (χ0n) is 10.9. The first-order chi connectivity index (χ1) is 10.3. The highest BCUT2D eigenvalue weighted by atomic mass is 16.5. The van der Waals surface area contributed by atoms with Crippen LogP contribution < -0.4 is 0 Å². The van der Waals surface area contributed by atoms with Crippen molar-refractivity contribution in [2.24, 2.45) is 0 Å². The summed E-state index contributed by atoms with van der Waals surface area (Å²) in [6.07, 6.45) is 0. The second kappa shape index (κ2) is 4.49. The zero-order chi connectivity index (χ0) is 14.2. The molecule has 102 valence electrons. The molecule has 0 fully saturated rings. The summed E-state index contributed by atoms with van der Waals surface area (Å²) in [4.78, 5) is 4.28. The van der Waals surface area contributed by atoms with Crippen LogP contribution in [0.4, 0.5) is 0 Å². The molecule has 0 amide bonds. The second-order valence-electron chi connectivity index (χ2n) is 4.59. The van der Waals surface area contributed by atoms with Crippen LogP contribution in [0.5, 0.6) is 5.75 Å². The minimum absolute atomic E-state index is 0.0947. The lowest BCUT2D eigenvalue weighted by molar-refractivity contribution is 0.424. The molecule has 2 aromatic carbocycles. The summed E-state index contributed by atoms with van der Waals surface area (Å²) in [5.74, 6) is 1.23. The molecule has 21 heavy (non-hydrogen) atoms. The van der Waals surface area contributed by atoms with Crippen molar-refractivity contribution in [2.75, 3.05) is 0 Å². The number of aromatic nitrogens is 2. The number of phenols is 1. The van der Waals surface area contributed by atoms with Crippen molar-refractivity contribution in [1.82, 2.24) is 10.1 Å². The van der Waals surface area contributed by atoms with Gasteiger partial charge in [0.1, 0.15) is 11.3 Å². The number of aromatic hydroxyl groups is 1. The van der Waals surface area contributed by atoms with E-state index in [1.165, 1.54) is 0 Å². The first kappa shape index (κ1) is 11.7. The molecule has 0 saturated carbocycles. The van der Waals surface area contributed by atoms with Gasteiger partial charge in [0.15, 0.2) is 5.76 Å². The summed E-state index contributed by atoms with van der Waals surface area (Å²) in [5.41, 5.74) is 1.26. The van der Waals surface area contributed by atoms with Crippen LogP contribution in [0, 0.1) is 0 Å². The van der Waals surface area contributed by atoms with Gasteiger partial charge in [0, 0.05) is 5.39 Å². The molecule has 0 saturated heterocycles. The number of hydrogen-bond donors (Lipinski definition) is 1. The van der Waals surface area contributed by atoms with E-state index in [1.54, 1.807) is 24.3 Å². The molecule has 0 aliphatic rings. The van der Waals surface area contributed by atoms with Crippen molar-refractivity contribution in [3.63, 3.8) is 0 Å². The van der Waals surface area contributed by atoms with Crippen molar-refractivity contribution in [2.45, 2.75) is 0 Å². The molecular weight excluding hydrogens is 268 g/mol. The molecule has 0 aliphatic carbocycles. The first-order valence-electron chi connectivity index (χ1n) is 6.42. The normalized spacial score (nSPS) is 11.0. The number of hydrogen-bond acceptors (Lipinski definition) is 5. The number of rotatable bonds is 2. The third kappa shape index (κ3) is 1.95. The minimum atomic E-state index is 0.0947. The predicted octanol–water partition coefficient (Wildman–Crippen LogP) is 3.86. The number of nitrogens with zero attached hydrogens (tertiary/aromatic N) is 2. The average molecular weight is 278 g/mol. The Morgan fingerprint density at radius 1 is 0.952 bits per heavy atom. The Morgan fingerprint density at radius 2 is 1.76 bits per heavy atom. The highest BCUT2D eigenvalue weighted by Crippen LogP contribution is 2.30. The van der Waals surface area contributed by atoms with Gasteiger partial charge in [0.05, 0.1) is 5.56 Å². The third-order valence-corrected chi connectivity index (χ3v) is 3.21. The molecule has 0 radical (unpaired) electrons. The monoisotopic (exact) mass is 278 g/mol. The van der Waals surface area contributed by atoms with E-state index < -0.39 is 0 Å². The summed E-state index contributed by atoms with van der Waals surface area (Å²) in [5, 5.41) is 14.7. The van der Waals surface area contributed by atoms with Crippen molar-refractivity contribution in [3.05, 3.63) is 54.6 Å². The van der Waals surface area contributed by atoms with Crippen molar-refractivity contribution in [1.29, 1.82) is 0 Å². The standard InChI is InChI=1S/C16H10N2O3/c19-12-7-3-2-6-11(12)16-17-15(18-21-16)14-9-10-5-1-4-8-13(10)20-14/h1-9,19H. The molecule has 1 N–H and O–H groups in total. The maximum atomic E-state index is 9.81. The van der Waals surface area contributed by atoms with Crippen molar-refractivity contribution in [3.8, 4) is 28.8 Å². The largest absolute Gasteiger partial charge is 0.507 e. The molecule has 2 heterocycles. The summed E-state index contributed by atoms with van der Waals surface area (Å²) >= 11 is 0. The molecule has 2 aromatic heterocycles. The van der Waals surface area contributed by atoms with E-state index in [2.05, 4.69) is 10.1 Å². The lowest BCUT2D eigenvalue weighted by Crippen LogP contribution is -1.79. The molecule has 0 spiro atoms. The quantitative estimate of drug-likeness (QED) is 0.602. The Morgan fingerprint density at radius 3 is 2.62 bits per heavy atom. The van der Waals surface area contributed by atoms with Crippen LogP contribution in [0.15, 0.2) is 63.5 Å². The van der Waals surface area contributed by atoms with Gasteiger partial charge >= 0.3 is 0 Å². The van der Waals surface area contributed by atoms with Gasteiger partial charge in [-0.2, -0.15) is 4.98 Å². The number of furan rings is 1. The van der Waals surface area contributed by atoms with Gasteiger partial charge in [-0.15, -0.1) is 0 Å². The van der Waals surface area contributed by atoms with E-state index in [0.29, 0.717) is 17.1 Å². The van der Waals surface area contributed by atoms with Crippen LogP contribution in [0.1, 0.15) is 0 Å². The minimum Gasteiger partial charge on any atom is -0.507 e. The Bertz CT molecular complexity index is 891. The maximum Gasteiger partial charge on any atom is 0.262 e. The van der Waals surface area contributed by atoms with Crippen molar-refractivity contribution >= 4 is 11.0 Å². The first-order valence-corrected chi connectivity index (χ1v) is 6.42. The van der Waals surface area contributed by atoms with Gasteiger partial charge < -0.3 is 14.0 Å². The van der Waals surface area contributed by atoms with Crippen LogP contribution in [-0.2, 0) is 0 Å². The summed E-state index contributed by atoms with van der Waals surface area (Å²) < 4.78 is 10.9. The molecule has 0 aliphatic heterocycles. The summed E-state index contributed by atoms with van der Waals surface area (Å²) in [6.45, 7) is 0. The van der Waals surface area contributed by atoms with Gasteiger partial charge in [-0.05, 0) is 24.3 Å². The fourth-order valence-electron chi connectivity index (χ4n) is 2.18. The Balaban J connectivity index is 1.79. The van der Waals surface area contributed by atoms with E-state index in [-0.39, 0.29) is 11.6 Å². The number of benzene rings is 2. The highest BCUT2D eigenvalue weighted by molar-refractivity contribution is 5.81. The molecule has 0 atom stereocenters. The van der Waals surface area contributed by atoms with Crippen LogP contribution >= 0.6 is 0 Å². The van der Waals surface area contributed by atoms with E-state index >= 15 is 0 Å². The van der Waals surface area contributed by atoms with Gasteiger partial charge in [-0.3, -0.25) is 0 Å². The van der Waals surface area contributed by atoms with Crippen LogP contribution in [0.2, 0.25) is 0 Å². The van der Waals surface area contributed by atoms with E-state index in [0.717, 1.165) is 11.0 Å². The van der Waals surface area contributed by atoms with Gasteiger partial charge in [0.25, 0.3) is 5.89 Å². The number of fused-ring (bicyclic) bond motifs is 1. The number of phenolic OH excluding ortho intramolecular Hbond substituents is 1. The summed E-state index contributed by atoms with van der Waals surface area (Å²) in [7, 11) is 0. The van der Waals surface area contributed by atoms with Gasteiger partial charge in [-0.1, -0.05) is 35.5 Å². The zero-order valence-corrected chi connectivity index (χ0v) is 10.9. The lowest BCUT2D eigenvalue weighted by Gasteiger charge is -1.96. The lowest BCUT2D eigenvalue weighted by atomic mass is 10.2. The highest BCUT2D eigenvalue weighted by Gasteiger charge is 2.16. The third-order valence-electron chi connectivity index (χ3n) is 3.21. The van der Waals surface area contributed by atoms with Gasteiger partial charge in [-0.25, -0.2) is 0 Å². The fourth-order valence-corrected chi connectivity index (χ4v) is 2.18. The molecule has 0 unspecified atom stereocenters. The van der Waals surface area contributed by atoms with E-state index in [9.17, 15) is 5.11 Å². The smallest absolute Gasteiger partial charge is 0.262 e. The van der Waals surface area contributed by atoms with Crippen LogP contribution in [0.25, 0.3) is 34.0 Å². The Kier molecular flexibility index (Phi) is 2.50. The molecule has 5 nitrogen and oxygen atoms in total. The Labute approximate surface area is 119 Å². The second-order valence-corrected chi connectivity index (χ2v) is 4.59.